The zero-order valence-electron chi connectivity index (χ0n) is 20.1. The Balaban J connectivity index is 1.59. The van der Waals surface area contributed by atoms with E-state index >= 15 is 0 Å². The van der Waals surface area contributed by atoms with Crippen LogP contribution in [0.2, 0.25) is 0 Å². The topological polar surface area (TPSA) is 54.0 Å². The molecule has 0 saturated heterocycles. The van der Waals surface area contributed by atoms with Crippen molar-refractivity contribution in [3.8, 4) is 11.5 Å². The van der Waals surface area contributed by atoms with Gasteiger partial charge in [0.15, 0.2) is 11.5 Å². The molecule has 0 bridgehead atoms. The highest BCUT2D eigenvalue weighted by Gasteiger charge is 2.34. The molecular weight excluding hydrogens is 400 g/mol. The van der Waals surface area contributed by atoms with Crippen molar-refractivity contribution < 1.29 is 14.6 Å². The molecule has 2 aromatic carbocycles. The summed E-state index contributed by atoms with van der Waals surface area (Å²) in [6, 6.07) is 17.4. The highest BCUT2D eigenvalue weighted by molar-refractivity contribution is 5.43. The fraction of sp³-hybridized carbons (Fsp3) is 0.556. The van der Waals surface area contributed by atoms with Crippen molar-refractivity contribution in [1.82, 2.24) is 10.2 Å². The van der Waals surface area contributed by atoms with E-state index in [-0.39, 0.29) is 12.0 Å². The van der Waals surface area contributed by atoms with Crippen LogP contribution in [0.15, 0.2) is 48.5 Å². The van der Waals surface area contributed by atoms with Gasteiger partial charge in [-0.1, -0.05) is 49.2 Å². The fourth-order valence-electron chi connectivity index (χ4n) is 4.58. The van der Waals surface area contributed by atoms with Crippen molar-refractivity contribution >= 4 is 0 Å². The summed E-state index contributed by atoms with van der Waals surface area (Å²) in [5.41, 5.74) is 2.83. The van der Waals surface area contributed by atoms with Crippen LogP contribution in [0.1, 0.15) is 50.7 Å². The van der Waals surface area contributed by atoms with Gasteiger partial charge in [-0.05, 0) is 57.0 Å². The summed E-state index contributed by atoms with van der Waals surface area (Å²) < 4.78 is 11.4. The SMILES string of the molecule is COc1ccc(CNCC2(c3ccccc3)CCCC2)cc1OCC(O)CN(C)C(C)C. The zero-order chi connectivity index (χ0) is 23.0. The molecule has 0 amide bonds. The molecule has 176 valence electrons. The molecule has 1 aliphatic rings. The predicted octanol–water partition coefficient (Wildman–Crippen LogP) is 4.38. The van der Waals surface area contributed by atoms with Crippen molar-refractivity contribution in [3.05, 3.63) is 59.7 Å². The van der Waals surface area contributed by atoms with Crippen LogP contribution in [0.3, 0.4) is 0 Å². The van der Waals surface area contributed by atoms with E-state index in [1.54, 1.807) is 7.11 Å². The predicted molar refractivity (Wildman–Crippen MR) is 131 cm³/mol. The second-order valence-corrected chi connectivity index (χ2v) is 9.44. The summed E-state index contributed by atoms with van der Waals surface area (Å²) in [5, 5.41) is 14.0. The number of aliphatic hydroxyl groups is 1. The Labute approximate surface area is 193 Å². The van der Waals surface area contributed by atoms with E-state index < -0.39 is 6.10 Å². The number of nitrogens with zero attached hydrogens (tertiary/aromatic N) is 1. The molecule has 1 fully saturated rings. The van der Waals surface area contributed by atoms with Gasteiger partial charge in [0, 0.05) is 31.1 Å². The van der Waals surface area contributed by atoms with Crippen LogP contribution in [0.5, 0.6) is 11.5 Å². The first-order valence-corrected chi connectivity index (χ1v) is 11.9. The van der Waals surface area contributed by atoms with Gasteiger partial charge in [-0.25, -0.2) is 0 Å². The minimum atomic E-state index is -0.554. The van der Waals surface area contributed by atoms with Gasteiger partial charge in [0.1, 0.15) is 12.7 Å². The van der Waals surface area contributed by atoms with Gasteiger partial charge < -0.3 is 24.8 Å². The Hall–Kier alpha value is -2.08. The third-order valence-corrected chi connectivity index (χ3v) is 6.78. The molecule has 0 heterocycles. The standard InChI is InChI=1S/C27H40N2O3/c1-21(2)29(3)18-24(30)19-32-26-16-22(12-13-25(26)31-4)17-28-20-27(14-8-9-15-27)23-10-6-5-7-11-23/h5-7,10-13,16,21,24,28,30H,8-9,14-15,17-20H2,1-4H3. The van der Waals surface area contributed by atoms with Crippen molar-refractivity contribution in [2.24, 2.45) is 0 Å². The van der Waals surface area contributed by atoms with E-state index in [1.807, 2.05) is 19.2 Å². The molecule has 5 heteroatoms. The van der Waals surface area contributed by atoms with Gasteiger partial charge in [-0.2, -0.15) is 0 Å². The lowest BCUT2D eigenvalue weighted by Crippen LogP contribution is -2.37. The molecule has 3 rings (SSSR count). The molecule has 1 atom stereocenters. The minimum Gasteiger partial charge on any atom is -0.493 e. The van der Waals surface area contributed by atoms with Crippen molar-refractivity contribution in [2.45, 2.75) is 63.6 Å². The molecule has 0 radical (unpaired) electrons. The number of ether oxygens (including phenoxy) is 2. The van der Waals surface area contributed by atoms with Gasteiger partial charge in [-0.15, -0.1) is 0 Å². The molecule has 1 saturated carbocycles. The Kier molecular flexibility index (Phi) is 8.97. The minimum absolute atomic E-state index is 0.236. The van der Waals surface area contributed by atoms with Crippen LogP contribution in [-0.4, -0.2) is 56.0 Å². The second-order valence-electron chi connectivity index (χ2n) is 9.44. The van der Waals surface area contributed by atoms with E-state index in [0.717, 1.165) is 18.7 Å². The number of methoxy groups -OCH3 is 1. The third-order valence-electron chi connectivity index (χ3n) is 6.78. The van der Waals surface area contributed by atoms with E-state index in [9.17, 15) is 5.11 Å². The third kappa shape index (κ3) is 6.47. The highest BCUT2D eigenvalue weighted by atomic mass is 16.5. The quantitative estimate of drug-likeness (QED) is 0.513. The number of hydrogen-bond donors (Lipinski definition) is 2. The maximum atomic E-state index is 10.3. The second kappa shape index (κ2) is 11.7. The molecule has 2 N–H and O–H groups in total. The average molecular weight is 441 g/mol. The Morgan fingerprint density at radius 3 is 2.44 bits per heavy atom. The van der Waals surface area contributed by atoms with E-state index in [4.69, 9.17) is 9.47 Å². The summed E-state index contributed by atoms with van der Waals surface area (Å²) in [5.74, 6) is 1.37. The Morgan fingerprint density at radius 2 is 1.78 bits per heavy atom. The fourth-order valence-corrected chi connectivity index (χ4v) is 4.58. The number of likely N-dealkylation sites (N-methyl/N-ethyl adjacent to an activating group) is 1. The molecule has 0 aliphatic heterocycles. The normalized spacial score (nSPS) is 16.5. The number of aliphatic hydroxyl groups excluding tert-OH is 1. The lowest BCUT2D eigenvalue weighted by molar-refractivity contribution is 0.0668. The molecular formula is C27H40N2O3. The van der Waals surface area contributed by atoms with Gasteiger partial charge in [0.25, 0.3) is 0 Å². The van der Waals surface area contributed by atoms with Crippen LogP contribution in [0, 0.1) is 0 Å². The van der Waals surface area contributed by atoms with E-state index in [1.165, 1.54) is 31.2 Å². The number of rotatable bonds is 12. The monoisotopic (exact) mass is 440 g/mol. The molecule has 2 aromatic rings. The van der Waals surface area contributed by atoms with Crippen molar-refractivity contribution in [2.75, 3.05) is 33.9 Å². The summed E-state index contributed by atoms with van der Waals surface area (Å²) in [7, 11) is 3.65. The lowest BCUT2D eigenvalue weighted by Gasteiger charge is -2.30. The molecule has 5 nitrogen and oxygen atoms in total. The van der Waals surface area contributed by atoms with Crippen molar-refractivity contribution in [1.29, 1.82) is 0 Å². The Morgan fingerprint density at radius 1 is 1.06 bits per heavy atom. The lowest BCUT2D eigenvalue weighted by atomic mass is 9.79. The van der Waals surface area contributed by atoms with Crippen molar-refractivity contribution in [3.63, 3.8) is 0 Å². The van der Waals surface area contributed by atoms with Gasteiger partial charge in [0.2, 0.25) is 0 Å². The van der Waals surface area contributed by atoms with Crippen LogP contribution < -0.4 is 14.8 Å². The molecule has 1 unspecified atom stereocenters. The smallest absolute Gasteiger partial charge is 0.161 e. The molecule has 0 spiro atoms. The van der Waals surface area contributed by atoms with Crippen LogP contribution >= 0.6 is 0 Å². The first-order chi connectivity index (χ1) is 15.4. The summed E-state index contributed by atoms with van der Waals surface area (Å²) in [6.45, 7) is 6.78. The zero-order valence-corrected chi connectivity index (χ0v) is 20.1. The van der Waals surface area contributed by atoms with Crippen LogP contribution in [0.25, 0.3) is 0 Å². The summed E-state index contributed by atoms with van der Waals surface area (Å²) in [4.78, 5) is 2.11. The maximum absolute atomic E-state index is 10.3. The average Bonchev–Trinajstić information content (AvgIpc) is 3.28. The van der Waals surface area contributed by atoms with E-state index in [2.05, 4.69) is 60.5 Å². The molecule has 32 heavy (non-hydrogen) atoms. The van der Waals surface area contributed by atoms with Crippen LogP contribution in [0.4, 0.5) is 0 Å². The van der Waals surface area contributed by atoms with Gasteiger partial charge >= 0.3 is 0 Å². The van der Waals surface area contributed by atoms with Gasteiger partial charge in [0.05, 0.1) is 7.11 Å². The summed E-state index contributed by atoms with van der Waals surface area (Å²) >= 11 is 0. The van der Waals surface area contributed by atoms with E-state index in [0.29, 0.717) is 24.1 Å². The van der Waals surface area contributed by atoms with Gasteiger partial charge in [-0.3, -0.25) is 0 Å². The Bertz CT molecular complexity index is 819. The first kappa shape index (κ1) is 24.6. The van der Waals surface area contributed by atoms with Crippen LogP contribution in [-0.2, 0) is 12.0 Å². The number of hydrogen-bond acceptors (Lipinski definition) is 5. The molecule has 0 aromatic heterocycles. The number of benzene rings is 2. The largest absolute Gasteiger partial charge is 0.493 e. The first-order valence-electron chi connectivity index (χ1n) is 11.9. The number of nitrogens with one attached hydrogen (secondary N) is 1. The maximum Gasteiger partial charge on any atom is 0.161 e. The highest BCUT2D eigenvalue weighted by Crippen LogP contribution is 2.40. The molecule has 1 aliphatic carbocycles. The summed E-state index contributed by atoms with van der Waals surface area (Å²) in [6.07, 6.45) is 4.52.